The Morgan fingerprint density at radius 1 is 1.29 bits per heavy atom. The maximum Gasteiger partial charge on any atom is 0.0925 e. The Morgan fingerprint density at radius 3 is 2.29 bits per heavy atom. The van der Waals surface area contributed by atoms with Gasteiger partial charge >= 0.3 is 0 Å². The fourth-order valence-corrected chi connectivity index (χ4v) is 2.10. The predicted octanol–water partition coefficient (Wildman–Crippen LogP) is 3.82. The monoisotopic (exact) mass is 229 g/mol. The van der Waals surface area contributed by atoms with Gasteiger partial charge in [-0.3, -0.25) is 0 Å². The van der Waals surface area contributed by atoms with Gasteiger partial charge in [0.05, 0.1) is 6.00 Å². The van der Waals surface area contributed by atoms with Crippen LogP contribution in [0.4, 0.5) is 5.69 Å². The molecule has 0 aromatic heterocycles. The van der Waals surface area contributed by atoms with E-state index in [0.29, 0.717) is 11.3 Å². The van der Waals surface area contributed by atoms with E-state index in [1.165, 1.54) is 4.90 Å². The van der Waals surface area contributed by atoms with E-state index in [1.54, 1.807) is 0 Å². The number of anilines is 1. The molecule has 0 aliphatic carbocycles. The minimum atomic E-state index is 0.524. The second-order valence-electron chi connectivity index (χ2n) is 3.48. The normalized spacial score (nSPS) is 10.6. The largest absolute Gasteiger partial charge is 0.361 e. The summed E-state index contributed by atoms with van der Waals surface area (Å²) < 4.78 is 0. The van der Waals surface area contributed by atoms with Crippen LogP contribution < -0.4 is 4.90 Å². The first-order chi connectivity index (χ1) is 6.63. The van der Waals surface area contributed by atoms with Crippen molar-refractivity contribution < 1.29 is 0 Å². The van der Waals surface area contributed by atoms with Crippen molar-refractivity contribution in [1.82, 2.24) is 0 Å². The summed E-state index contributed by atoms with van der Waals surface area (Å²) in [7, 11) is 1.98. The first-order valence-corrected chi connectivity index (χ1v) is 6.08. The van der Waals surface area contributed by atoms with E-state index >= 15 is 0 Å². The Kier molecular flexibility index (Phi) is 4.63. The molecule has 0 aliphatic heterocycles. The van der Waals surface area contributed by atoms with Crippen LogP contribution >= 0.6 is 23.4 Å². The molecule has 0 bridgehead atoms. The highest BCUT2D eigenvalue weighted by molar-refractivity contribution is 7.99. The van der Waals surface area contributed by atoms with Crippen molar-refractivity contribution in [3.8, 4) is 0 Å². The summed E-state index contributed by atoms with van der Waals surface area (Å²) >= 11 is 7.61. The van der Waals surface area contributed by atoms with Crippen LogP contribution in [0.2, 0.25) is 0 Å². The van der Waals surface area contributed by atoms with Crippen molar-refractivity contribution in [2.24, 2.45) is 0 Å². The summed E-state index contributed by atoms with van der Waals surface area (Å²) in [6.07, 6.45) is 0. The summed E-state index contributed by atoms with van der Waals surface area (Å²) in [6.45, 7) is 4.40. The molecule has 0 radical (unpaired) electrons. The third-order valence-electron chi connectivity index (χ3n) is 1.83. The van der Waals surface area contributed by atoms with E-state index in [1.807, 2.05) is 23.7 Å². The Hall–Kier alpha value is -0.340. The number of thioether (sulfide) groups is 1. The summed E-state index contributed by atoms with van der Waals surface area (Å²) in [5.74, 6) is 0. The van der Waals surface area contributed by atoms with Gasteiger partial charge in [-0.15, -0.1) is 23.4 Å². The van der Waals surface area contributed by atoms with Crippen LogP contribution in [0.3, 0.4) is 0 Å². The van der Waals surface area contributed by atoms with Crippen molar-refractivity contribution in [3.05, 3.63) is 24.3 Å². The molecule has 0 unspecified atom stereocenters. The maximum atomic E-state index is 5.73. The minimum Gasteiger partial charge on any atom is -0.361 e. The number of alkyl halides is 1. The third kappa shape index (κ3) is 3.43. The topological polar surface area (TPSA) is 3.24 Å². The molecule has 78 valence electrons. The molecule has 0 saturated carbocycles. The highest BCUT2D eigenvalue weighted by Gasteiger charge is 2.00. The highest BCUT2D eigenvalue weighted by Crippen LogP contribution is 2.25. The summed E-state index contributed by atoms with van der Waals surface area (Å²) in [6, 6.07) is 9.02. The molecular weight excluding hydrogens is 214 g/mol. The molecule has 0 atom stereocenters. The zero-order valence-electron chi connectivity index (χ0n) is 8.83. The Morgan fingerprint density at radius 2 is 1.86 bits per heavy atom. The average molecular weight is 230 g/mol. The maximum absolute atomic E-state index is 5.73. The number of halogens is 1. The molecule has 1 aromatic carbocycles. The third-order valence-corrected chi connectivity index (χ3v) is 3.20. The zero-order chi connectivity index (χ0) is 10.6. The van der Waals surface area contributed by atoms with Gasteiger partial charge in [0.15, 0.2) is 0 Å². The molecule has 1 nitrogen and oxygen atoms in total. The molecule has 0 heterocycles. The fourth-order valence-electron chi connectivity index (χ4n) is 1.12. The Balaban J connectivity index is 2.68. The van der Waals surface area contributed by atoms with Crippen LogP contribution in [0.25, 0.3) is 0 Å². The molecule has 1 rings (SSSR count). The average Bonchev–Trinajstić information content (AvgIpc) is 2.17. The molecular formula is C11H16ClNS. The standard InChI is InChI=1S/C11H16ClNS/c1-9(2)14-11-6-4-10(5-7-11)13(3)8-12/h4-7,9H,8H2,1-3H3. The molecule has 0 amide bonds. The predicted molar refractivity (Wildman–Crippen MR) is 66.6 cm³/mol. The van der Waals surface area contributed by atoms with E-state index in [2.05, 4.69) is 38.1 Å². The van der Waals surface area contributed by atoms with Crippen molar-refractivity contribution in [1.29, 1.82) is 0 Å². The first kappa shape index (κ1) is 11.7. The van der Waals surface area contributed by atoms with E-state index < -0.39 is 0 Å². The number of rotatable bonds is 4. The van der Waals surface area contributed by atoms with Gasteiger partial charge in [-0.1, -0.05) is 13.8 Å². The van der Waals surface area contributed by atoms with Crippen molar-refractivity contribution in [3.63, 3.8) is 0 Å². The molecule has 3 heteroatoms. The number of hydrogen-bond donors (Lipinski definition) is 0. The lowest BCUT2D eigenvalue weighted by Gasteiger charge is -2.15. The van der Waals surface area contributed by atoms with E-state index in [0.717, 1.165) is 5.69 Å². The number of nitrogens with zero attached hydrogens (tertiary/aromatic N) is 1. The first-order valence-electron chi connectivity index (χ1n) is 4.67. The fraction of sp³-hybridized carbons (Fsp3) is 0.455. The smallest absolute Gasteiger partial charge is 0.0925 e. The van der Waals surface area contributed by atoms with Crippen molar-refractivity contribution in [2.45, 2.75) is 24.0 Å². The lowest BCUT2D eigenvalue weighted by atomic mass is 10.3. The summed E-state index contributed by atoms with van der Waals surface area (Å²) in [5, 5.41) is 0.631. The highest BCUT2D eigenvalue weighted by atomic mass is 35.5. The van der Waals surface area contributed by atoms with Crippen molar-refractivity contribution >= 4 is 29.1 Å². The Bertz CT molecular complexity index is 271. The molecule has 14 heavy (non-hydrogen) atoms. The van der Waals surface area contributed by atoms with E-state index in [9.17, 15) is 0 Å². The minimum absolute atomic E-state index is 0.524. The van der Waals surface area contributed by atoms with Crippen LogP contribution in [0, 0.1) is 0 Å². The zero-order valence-corrected chi connectivity index (χ0v) is 10.4. The molecule has 0 N–H and O–H groups in total. The number of hydrogen-bond acceptors (Lipinski definition) is 2. The van der Waals surface area contributed by atoms with Gasteiger partial charge in [0.25, 0.3) is 0 Å². The molecule has 0 aliphatic rings. The molecule has 0 spiro atoms. The van der Waals surface area contributed by atoms with Gasteiger partial charge in [0.2, 0.25) is 0 Å². The van der Waals surface area contributed by atoms with Crippen LogP contribution in [-0.4, -0.2) is 18.3 Å². The Labute approximate surface area is 95.4 Å². The summed E-state index contributed by atoms with van der Waals surface area (Å²) in [4.78, 5) is 3.32. The van der Waals surface area contributed by atoms with Crippen LogP contribution in [0.15, 0.2) is 29.2 Å². The quantitative estimate of drug-likeness (QED) is 0.439. The van der Waals surface area contributed by atoms with Gasteiger partial charge < -0.3 is 4.90 Å². The summed E-state index contributed by atoms with van der Waals surface area (Å²) in [5.41, 5.74) is 1.16. The van der Waals surface area contributed by atoms with Gasteiger partial charge in [-0.25, -0.2) is 0 Å². The van der Waals surface area contributed by atoms with E-state index in [-0.39, 0.29) is 0 Å². The van der Waals surface area contributed by atoms with Gasteiger partial charge in [0, 0.05) is 22.9 Å². The van der Waals surface area contributed by atoms with E-state index in [4.69, 9.17) is 11.6 Å². The second-order valence-corrected chi connectivity index (χ2v) is 5.37. The van der Waals surface area contributed by atoms with Crippen LogP contribution in [0.5, 0.6) is 0 Å². The van der Waals surface area contributed by atoms with Gasteiger partial charge in [-0.2, -0.15) is 0 Å². The van der Waals surface area contributed by atoms with Crippen LogP contribution in [-0.2, 0) is 0 Å². The second kappa shape index (κ2) is 5.52. The van der Waals surface area contributed by atoms with Crippen molar-refractivity contribution in [2.75, 3.05) is 18.0 Å². The molecule has 1 aromatic rings. The van der Waals surface area contributed by atoms with Gasteiger partial charge in [0.1, 0.15) is 0 Å². The van der Waals surface area contributed by atoms with Gasteiger partial charge in [-0.05, 0) is 24.3 Å². The lowest BCUT2D eigenvalue weighted by molar-refractivity contribution is 1.08. The molecule has 0 fully saturated rings. The van der Waals surface area contributed by atoms with Crippen LogP contribution in [0.1, 0.15) is 13.8 Å². The SMILES string of the molecule is CC(C)Sc1ccc(N(C)CCl)cc1. The lowest BCUT2D eigenvalue weighted by Crippen LogP contribution is -2.13. The number of benzene rings is 1. The molecule has 0 saturated heterocycles.